The van der Waals surface area contributed by atoms with Crippen LogP contribution >= 0.6 is 0 Å². The first-order valence-electron chi connectivity index (χ1n) is 3.60. The van der Waals surface area contributed by atoms with Gasteiger partial charge in [0.1, 0.15) is 6.26 Å². The van der Waals surface area contributed by atoms with Gasteiger partial charge in [0, 0.05) is 19.5 Å². The summed E-state index contributed by atoms with van der Waals surface area (Å²) >= 11 is 0. The molecular formula is C8H9NO2. The molecule has 0 saturated carbocycles. The summed E-state index contributed by atoms with van der Waals surface area (Å²) in [5.74, 6) is 0.0997. The summed E-state index contributed by atoms with van der Waals surface area (Å²) in [4.78, 5) is 12.9. The van der Waals surface area contributed by atoms with Gasteiger partial charge in [0.25, 0.3) is 0 Å². The fourth-order valence-corrected chi connectivity index (χ4v) is 1.40. The van der Waals surface area contributed by atoms with Gasteiger partial charge in [0.2, 0.25) is 0 Å². The van der Waals surface area contributed by atoms with Crippen molar-refractivity contribution in [2.24, 2.45) is 0 Å². The first kappa shape index (κ1) is 6.46. The molecule has 3 heteroatoms. The Morgan fingerprint density at radius 1 is 1.82 bits per heavy atom. The molecule has 2 aliphatic rings. The van der Waals surface area contributed by atoms with Gasteiger partial charge in [-0.1, -0.05) is 6.08 Å². The van der Waals surface area contributed by atoms with Crippen LogP contribution in [0.3, 0.4) is 0 Å². The summed E-state index contributed by atoms with van der Waals surface area (Å²) in [5.41, 5.74) is 0.753. The highest BCUT2D eigenvalue weighted by Crippen LogP contribution is 2.27. The van der Waals surface area contributed by atoms with Crippen molar-refractivity contribution in [2.75, 3.05) is 0 Å². The SMILES string of the molecule is CC(=O)C1=CCC2OC=CN12. The Labute approximate surface area is 64.9 Å². The summed E-state index contributed by atoms with van der Waals surface area (Å²) in [6.45, 7) is 1.57. The second-order valence-corrected chi connectivity index (χ2v) is 2.66. The minimum atomic E-state index is 0.0499. The number of rotatable bonds is 1. The number of carbonyl (C=O) groups is 1. The van der Waals surface area contributed by atoms with Crippen LogP contribution in [0.15, 0.2) is 24.2 Å². The van der Waals surface area contributed by atoms with Crippen LogP contribution in [0, 0.1) is 0 Å². The number of hydrogen-bond acceptors (Lipinski definition) is 3. The number of ketones is 1. The molecule has 2 aliphatic heterocycles. The van der Waals surface area contributed by atoms with Gasteiger partial charge in [-0.05, 0) is 0 Å². The molecule has 58 valence electrons. The Morgan fingerprint density at radius 2 is 2.64 bits per heavy atom. The average molecular weight is 151 g/mol. The van der Waals surface area contributed by atoms with Crippen molar-refractivity contribution >= 4 is 5.78 Å². The Bertz CT molecular complexity index is 255. The lowest BCUT2D eigenvalue weighted by atomic mass is 10.3. The van der Waals surface area contributed by atoms with Crippen molar-refractivity contribution in [3.63, 3.8) is 0 Å². The molecule has 0 aromatic carbocycles. The van der Waals surface area contributed by atoms with E-state index in [1.807, 2.05) is 11.0 Å². The van der Waals surface area contributed by atoms with Crippen LogP contribution in [-0.4, -0.2) is 16.9 Å². The van der Waals surface area contributed by atoms with Crippen LogP contribution in [0.5, 0.6) is 0 Å². The maximum absolute atomic E-state index is 11.0. The average Bonchev–Trinajstić information content (AvgIpc) is 2.41. The molecule has 0 bridgehead atoms. The van der Waals surface area contributed by atoms with E-state index in [1.165, 1.54) is 0 Å². The second kappa shape index (κ2) is 2.12. The second-order valence-electron chi connectivity index (χ2n) is 2.66. The predicted molar refractivity (Wildman–Crippen MR) is 39.2 cm³/mol. The van der Waals surface area contributed by atoms with Gasteiger partial charge in [0.05, 0.1) is 5.70 Å². The lowest BCUT2D eigenvalue weighted by Crippen LogP contribution is -2.23. The zero-order valence-electron chi connectivity index (χ0n) is 6.28. The van der Waals surface area contributed by atoms with Crippen molar-refractivity contribution in [3.05, 3.63) is 24.2 Å². The van der Waals surface area contributed by atoms with Crippen LogP contribution in [0.1, 0.15) is 13.3 Å². The Hall–Kier alpha value is -1.25. The molecule has 2 rings (SSSR count). The first-order valence-corrected chi connectivity index (χ1v) is 3.60. The minimum absolute atomic E-state index is 0.0499. The molecule has 0 aromatic heterocycles. The minimum Gasteiger partial charge on any atom is -0.476 e. The van der Waals surface area contributed by atoms with Crippen LogP contribution in [-0.2, 0) is 9.53 Å². The smallest absolute Gasteiger partial charge is 0.179 e. The first-order chi connectivity index (χ1) is 5.29. The summed E-state index contributed by atoms with van der Waals surface area (Å²) in [5, 5.41) is 0. The third kappa shape index (κ3) is 0.843. The van der Waals surface area contributed by atoms with Crippen molar-refractivity contribution in [3.8, 4) is 0 Å². The molecule has 0 spiro atoms. The topological polar surface area (TPSA) is 29.5 Å². The number of ether oxygens (including phenoxy) is 1. The molecule has 0 aliphatic carbocycles. The maximum Gasteiger partial charge on any atom is 0.179 e. The third-order valence-corrected chi connectivity index (χ3v) is 1.92. The number of fused-ring (bicyclic) bond motifs is 1. The third-order valence-electron chi connectivity index (χ3n) is 1.92. The summed E-state index contributed by atoms with van der Waals surface area (Å²) in [6.07, 6.45) is 6.19. The zero-order chi connectivity index (χ0) is 7.84. The highest BCUT2D eigenvalue weighted by atomic mass is 16.5. The van der Waals surface area contributed by atoms with Crippen molar-refractivity contribution < 1.29 is 9.53 Å². The van der Waals surface area contributed by atoms with E-state index in [4.69, 9.17) is 4.74 Å². The number of nitrogens with zero attached hydrogens (tertiary/aromatic N) is 1. The number of Topliss-reactive ketones (excluding diaryl/α,β-unsaturated/α-hetero) is 1. The quantitative estimate of drug-likeness (QED) is 0.559. The molecule has 0 fully saturated rings. The molecule has 3 nitrogen and oxygen atoms in total. The molecule has 11 heavy (non-hydrogen) atoms. The zero-order valence-corrected chi connectivity index (χ0v) is 6.28. The van der Waals surface area contributed by atoms with Gasteiger partial charge in [0.15, 0.2) is 12.0 Å². The number of allylic oxidation sites excluding steroid dienone is 1. The molecular weight excluding hydrogens is 142 g/mol. The monoisotopic (exact) mass is 151 g/mol. The van der Waals surface area contributed by atoms with E-state index in [1.54, 1.807) is 19.4 Å². The Kier molecular flexibility index (Phi) is 1.24. The van der Waals surface area contributed by atoms with Crippen LogP contribution in [0.4, 0.5) is 0 Å². The molecule has 0 saturated heterocycles. The Morgan fingerprint density at radius 3 is 3.36 bits per heavy atom. The van der Waals surface area contributed by atoms with Crippen molar-refractivity contribution in [2.45, 2.75) is 19.6 Å². The maximum atomic E-state index is 11.0. The molecule has 2 heterocycles. The van der Waals surface area contributed by atoms with E-state index >= 15 is 0 Å². The fraction of sp³-hybridized carbons (Fsp3) is 0.375. The van der Waals surface area contributed by atoms with E-state index in [2.05, 4.69) is 0 Å². The van der Waals surface area contributed by atoms with E-state index < -0.39 is 0 Å². The van der Waals surface area contributed by atoms with E-state index in [0.717, 1.165) is 12.1 Å². The van der Waals surface area contributed by atoms with Gasteiger partial charge in [-0.25, -0.2) is 0 Å². The number of hydrogen-bond donors (Lipinski definition) is 0. The molecule has 0 radical (unpaired) electrons. The van der Waals surface area contributed by atoms with E-state index in [0.29, 0.717) is 0 Å². The van der Waals surface area contributed by atoms with Gasteiger partial charge < -0.3 is 9.64 Å². The molecule has 1 atom stereocenters. The molecule has 0 N–H and O–H groups in total. The highest BCUT2D eigenvalue weighted by molar-refractivity contribution is 5.93. The summed E-state index contributed by atoms with van der Waals surface area (Å²) in [6, 6.07) is 0. The standard InChI is InChI=1S/C8H9NO2/c1-6(10)7-2-3-8-9(7)4-5-11-8/h2,4-5,8H,3H2,1H3. The summed E-state index contributed by atoms with van der Waals surface area (Å²) in [7, 11) is 0. The van der Waals surface area contributed by atoms with Crippen LogP contribution in [0.2, 0.25) is 0 Å². The predicted octanol–water partition coefficient (Wildman–Crippen LogP) is 0.992. The van der Waals surface area contributed by atoms with Crippen LogP contribution < -0.4 is 0 Å². The summed E-state index contributed by atoms with van der Waals surface area (Å²) < 4.78 is 5.20. The van der Waals surface area contributed by atoms with E-state index in [9.17, 15) is 4.79 Å². The molecule has 1 unspecified atom stereocenters. The highest BCUT2D eigenvalue weighted by Gasteiger charge is 2.30. The lowest BCUT2D eigenvalue weighted by Gasteiger charge is -2.16. The van der Waals surface area contributed by atoms with Gasteiger partial charge in [-0.15, -0.1) is 0 Å². The number of carbonyl (C=O) groups excluding carboxylic acids is 1. The van der Waals surface area contributed by atoms with E-state index in [-0.39, 0.29) is 12.0 Å². The van der Waals surface area contributed by atoms with Crippen molar-refractivity contribution in [1.82, 2.24) is 4.90 Å². The van der Waals surface area contributed by atoms with Gasteiger partial charge in [-0.3, -0.25) is 4.79 Å². The Balaban J connectivity index is 2.24. The fourth-order valence-electron chi connectivity index (χ4n) is 1.40. The van der Waals surface area contributed by atoms with Crippen molar-refractivity contribution in [1.29, 1.82) is 0 Å². The lowest BCUT2D eigenvalue weighted by molar-refractivity contribution is -0.115. The molecule has 0 aromatic rings. The molecule has 0 amide bonds. The van der Waals surface area contributed by atoms with Gasteiger partial charge >= 0.3 is 0 Å². The largest absolute Gasteiger partial charge is 0.476 e. The van der Waals surface area contributed by atoms with Crippen LogP contribution in [0.25, 0.3) is 0 Å². The van der Waals surface area contributed by atoms with Gasteiger partial charge in [-0.2, -0.15) is 0 Å². The normalized spacial score (nSPS) is 26.5.